The van der Waals surface area contributed by atoms with Gasteiger partial charge in [-0.1, -0.05) is 58.5 Å². The van der Waals surface area contributed by atoms with E-state index in [1.54, 1.807) is 41.2 Å². The number of rotatable bonds is 5. The number of aromatic nitrogens is 1. The molecule has 4 nitrogen and oxygen atoms in total. The van der Waals surface area contributed by atoms with Crippen molar-refractivity contribution in [3.8, 4) is 0 Å². The molecule has 0 unspecified atom stereocenters. The van der Waals surface area contributed by atoms with Crippen molar-refractivity contribution in [3.63, 3.8) is 0 Å². The highest BCUT2D eigenvalue weighted by Crippen LogP contribution is 2.19. The second kappa shape index (κ2) is 8.90. The summed E-state index contributed by atoms with van der Waals surface area (Å²) in [7, 11) is 0. The van der Waals surface area contributed by atoms with Gasteiger partial charge in [-0.3, -0.25) is 0 Å². The Morgan fingerprint density at radius 1 is 1.04 bits per heavy atom. The number of pyridine rings is 1. The van der Waals surface area contributed by atoms with Crippen LogP contribution in [-0.4, -0.2) is 10.1 Å². The van der Waals surface area contributed by atoms with E-state index in [2.05, 4.69) is 21.2 Å². The molecule has 27 heavy (non-hydrogen) atoms. The van der Waals surface area contributed by atoms with Crippen LogP contribution in [0.1, 0.15) is 11.1 Å². The quantitative estimate of drug-likeness (QED) is 0.276. The van der Waals surface area contributed by atoms with Gasteiger partial charge >= 0.3 is 0 Å². The zero-order chi connectivity index (χ0) is 19.2. The van der Waals surface area contributed by atoms with Crippen LogP contribution in [0.25, 0.3) is 11.5 Å². The first-order valence-corrected chi connectivity index (χ1v) is 9.43. The number of anilines is 1. The number of benzene rings is 2. The summed E-state index contributed by atoms with van der Waals surface area (Å²) in [6.45, 7) is -0.126. The molecule has 0 radical (unpaired) electrons. The van der Waals surface area contributed by atoms with E-state index in [1.165, 1.54) is 0 Å². The van der Waals surface area contributed by atoms with Gasteiger partial charge < -0.3 is 15.5 Å². The number of thiocarbonyl (C=S) groups is 1. The summed E-state index contributed by atoms with van der Waals surface area (Å²) in [4.78, 5) is 0.300. The van der Waals surface area contributed by atoms with E-state index >= 15 is 0 Å². The van der Waals surface area contributed by atoms with Crippen LogP contribution in [0.3, 0.4) is 0 Å². The predicted octanol–water partition coefficient (Wildman–Crippen LogP) is 3.35. The Morgan fingerprint density at radius 2 is 1.74 bits per heavy atom. The van der Waals surface area contributed by atoms with E-state index in [0.29, 0.717) is 21.8 Å². The number of nitrogens with zero attached hydrogens (tertiary/aromatic N) is 1. The fourth-order valence-corrected chi connectivity index (χ4v) is 3.12. The van der Waals surface area contributed by atoms with Gasteiger partial charge in [-0.25, -0.2) is 0 Å². The lowest BCUT2D eigenvalue weighted by Gasteiger charge is -2.17. The zero-order valence-electron chi connectivity index (χ0n) is 14.3. The fourth-order valence-electron chi connectivity index (χ4n) is 2.54. The van der Waals surface area contributed by atoms with Crippen LogP contribution in [-0.2, 0) is 6.61 Å². The molecule has 1 heterocycles. The minimum absolute atomic E-state index is 0.126. The molecule has 3 rings (SSSR count). The van der Waals surface area contributed by atoms with Crippen molar-refractivity contribution in [1.82, 2.24) is 0 Å². The summed E-state index contributed by atoms with van der Waals surface area (Å²) in [6, 6.07) is 20.1. The van der Waals surface area contributed by atoms with Crippen LogP contribution in [0.5, 0.6) is 0 Å². The Morgan fingerprint density at radius 3 is 2.41 bits per heavy atom. The fraction of sp³-hybridized carbons (Fsp3) is 0.0476. The highest BCUT2D eigenvalue weighted by molar-refractivity contribution is 9.10. The predicted molar refractivity (Wildman–Crippen MR) is 112 cm³/mol. The lowest BCUT2D eigenvalue weighted by molar-refractivity contribution is -0.578. The molecule has 3 aromatic rings. The molecular weight excluding hydrogens is 424 g/mol. The molecule has 0 bridgehead atoms. The Balaban J connectivity index is 2.09. The van der Waals surface area contributed by atoms with Crippen molar-refractivity contribution in [2.45, 2.75) is 6.61 Å². The summed E-state index contributed by atoms with van der Waals surface area (Å²) in [6.07, 6.45) is 3.44. The summed E-state index contributed by atoms with van der Waals surface area (Å²) in [5, 5.41) is 25.8. The van der Waals surface area contributed by atoms with Crippen LogP contribution in [0.15, 0.2) is 83.6 Å². The zero-order valence-corrected chi connectivity index (χ0v) is 16.7. The van der Waals surface area contributed by atoms with Gasteiger partial charge in [0.25, 0.3) is 0 Å². The summed E-state index contributed by atoms with van der Waals surface area (Å²) in [5.74, 6) is -0.212. The van der Waals surface area contributed by atoms with E-state index in [0.717, 1.165) is 10.2 Å². The topological polar surface area (TPSA) is 59.2 Å². The molecule has 0 atom stereocenters. The van der Waals surface area contributed by atoms with E-state index in [-0.39, 0.29) is 12.4 Å². The van der Waals surface area contributed by atoms with Crippen LogP contribution in [0, 0.1) is 0 Å². The first-order chi connectivity index (χ1) is 13.1. The maximum absolute atomic E-state index is 13.2. The van der Waals surface area contributed by atoms with Crippen molar-refractivity contribution in [2.24, 2.45) is 0 Å². The number of nitrogens with one attached hydrogen (secondary N) is 1. The largest absolute Gasteiger partial charge is 0.867 e. The highest BCUT2D eigenvalue weighted by Gasteiger charge is 2.19. The molecule has 0 fully saturated rings. The SMILES string of the molecule is [O-]/C(=C(\C(=S)Nc1ccccc1)[n+]1cccc(CO)c1)c1ccc(Br)cc1. The first kappa shape index (κ1) is 19.2. The van der Waals surface area contributed by atoms with Crippen LogP contribution in [0.4, 0.5) is 5.69 Å². The Bertz CT molecular complexity index is 973. The van der Waals surface area contributed by atoms with Gasteiger partial charge in [0.15, 0.2) is 17.4 Å². The molecule has 0 spiro atoms. The lowest BCUT2D eigenvalue weighted by atomic mass is 10.1. The molecule has 1 aromatic heterocycles. The van der Waals surface area contributed by atoms with Crippen molar-refractivity contribution in [2.75, 3.05) is 5.32 Å². The molecule has 2 N–H and O–H groups in total. The number of hydrogen-bond donors (Lipinski definition) is 2. The summed E-state index contributed by atoms with van der Waals surface area (Å²) in [5.41, 5.74) is 2.31. The normalized spacial score (nSPS) is 11.6. The van der Waals surface area contributed by atoms with Crippen molar-refractivity contribution in [1.29, 1.82) is 0 Å². The number of halogens is 1. The minimum Gasteiger partial charge on any atom is -0.867 e. The molecule has 0 saturated carbocycles. The third-order valence-electron chi connectivity index (χ3n) is 3.87. The monoisotopic (exact) mass is 440 g/mol. The summed E-state index contributed by atoms with van der Waals surface area (Å²) >= 11 is 8.94. The van der Waals surface area contributed by atoms with Crippen LogP contribution < -0.4 is 15.0 Å². The number of para-hydroxylation sites is 1. The number of aliphatic hydroxyl groups is 1. The summed E-state index contributed by atoms with van der Waals surface area (Å²) < 4.78 is 2.54. The highest BCUT2D eigenvalue weighted by atomic mass is 79.9. The van der Waals surface area contributed by atoms with Gasteiger partial charge in [0.05, 0.1) is 6.61 Å². The molecule has 2 aromatic carbocycles. The molecule has 0 amide bonds. The third-order valence-corrected chi connectivity index (χ3v) is 4.69. The van der Waals surface area contributed by atoms with E-state index in [4.69, 9.17) is 12.2 Å². The maximum Gasteiger partial charge on any atom is 0.238 e. The molecule has 0 saturated heterocycles. The number of hydrogen-bond acceptors (Lipinski definition) is 3. The van der Waals surface area contributed by atoms with Crippen molar-refractivity contribution < 1.29 is 14.8 Å². The molecule has 6 heteroatoms. The van der Waals surface area contributed by atoms with Crippen molar-refractivity contribution >= 4 is 50.3 Å². The van der Waals surface area contributed by atoms with Gasteiger partial charge in [-0.15, -0.1) is 0 Å². The number of aliphatic hydroxyl groups excluding tert-OH is 1. The molecular formula is C21H17BrN2O2S. The van der Waals surface area contributed by atoms with Gasteiger partial charge in [-0.05, 0) is 41.7 Å². The van der Waals surface area contributed by atoms with E-state index < -0.39 is 0 Å². The van der Waals surface area contributed by atoms with E-state index in [9.17, 15) is 10.2 Å². The molecule has 0 aliphatic rings. The minimum atomic E-state index is -0.212. The van der Waals surface area contributed by atoms with Crippen LogP contribution in [0.2, 0.25) is 0 Å². The second-order valence-electron chi connectivity index (χ2n) is 5.78. The average molecular weight is 441 g/mol. The molecule has 136 valence electrons. The van der Waals surface area contributed by atoms with Gasteiger partial charge in [0.2, 0.25) is 5.70 Å². The smallest absolute Gasteiger partial charge is 0.238 e. The first-order valence-electron chi connectivity index (χ1n) is 8.23. The van der Waals surface area contributed by atoms with Crippen molar-refractivity contribution in [3.05, 3.63) is 94.7 Å². The standard InChI is InChI=1S/C21H17BrN2O2S/c22-17-10-8-16(9-11-17)20(26)19(24-12-4-5-15(13-24)14-25)21(27)23-18-6-2-1-3-7-18/h1-13,25H,14H2,(H-,23,26,27). The average Bonchev–Trinajstić information content (AvgIpc) is 2.69. The maximum atomic E-state index is 13.2. The molecule has 0 aliphatic carbocycles. The second-order valence-corrected chi connectivity index (χ2v) is 7.11. The van der Waals surface area contributed by atoms with E-state index in [1.807, 2.05) is 42.5 Å². The molecule has 0 aliphatic heterocycles. The Hall–Kier alpha value is -2.54. The van der Waals surface area contributed by atoms with Gasteiger partial charge in [-0.2, -0.15) is 4.57 Å². The van der Waals surface area contributed by atoms with Gasteiger partial charge in [0.1, 0.15) is 0 Å². The van der Waals surface area contributed by atoms with Crippen LogP contribution >= 0.6 is 28.1 Å². The Labute approximate surface area is 171 Å². The third kappa shape index (κ3) is 4.80. The lowest BCUT2D eigenvalue weighted by Crippen LogP contribution is -2.40. The van der Waals surface area contributed by atoms with Gasteiger partial charge in [0, 0.05) is 21.8 Å². The Kier molecular flexibility index (Phi) is 6.34.